The molecule has 1 atom stereocenters. The molecular formula is C14H22N2O3S. The van der Waals surface area contributed by atoms with Gasteiger partial charge in [0.2, 0.25) is 11.8 Å². The van der Waals surface area contributed by atoms with Gasteiger partial charge in [-0.25, -0.2) is 0 Å². The summed E-state index contributed by atoms with van der Waals surface area (Å²) in [6.07, 6.45) is 1.19. The molecule has 0 saturated heterocycles. The number of carbonyl (C=O) groups excluding carboxylic acids is 2. The summed E-state index contributed by atoms with van der Waals surface area (Å²) in [5.41, 5.74) is -1.08. The summed E-state index contributed by atoms with van der Waals surface area (Å²) in [5.74, 6) is -0.347. The van der Waals surface area contributed by atoms with E-state index in [1.165, 1.54) is 11.3 Å². The summed E-state index contributed by atoms with van der Waals surface area (Å²) in [4.78, 5) is 23.8. The molecule has 6 heteroatoms. The highest BCUT2D eigenvalue weighted by Crippen LogP contribution is 2.24. The molecule has 0 fully saturated rings. The highest BCUT2D eigenvalue weighted by atomic mass is 32.1. The summed E-state index contributed by atoms with van der Waals surface area (Å²) in [6.45, 7) is 4.41. The third-order valence-electron chi connectivity index (χ3n) is 2.83. The minimum absolute atomic E-state index is 0.119. The van der Waals surface area contributed by atoms with Crippen molar-refractivity contribution >= 4 is 23.2 Å². The van der Waals surface area contributed by atoms with Gasteiger partial charge in [0.1, 0.15) is 5.60 Å². The van der Waals surface area contributed by atoms with E-state index in [2.05, 4.69) is 10.6 Å². The molecule has 3 N–H and O–H groups in total. The van der Waals surface area contributed by atoms with Crippen LogP contribution >= 0.6 is 11.3 Å². The van der Waals surface area contributed by atoms with Gasteiger partial charge >= 0.3 is 0 Å². The molecule has 0 radical (unpaired) electrons. The molecule has 1 heterocycles. The lowest BCUT2D eigenvalue weighted by atomic mass is 10.1. The third kappa shape index (κ3) is 5.71. The Balaban J connectivity index is 2.28. The zero-order chi connectivity index (χ0) is 15.0. The van der Waals surface area contributed by atoms with Crippen LogP contribution in [0.1, 0.15) is 38.0 Å². The van der Waals surface area contributed by atoms with Gasteiger partial charge in [0, 0.05) is 24.3 Å². The zero-order valence-corrected chi connectivity index (χ0v) is 12.8. The maximum atomic E-state index is 11.6. The van der Waals surface area contributed by atoms with Crippen LogP contribution in [0.25, 0.3) is 0 Å². The molecule has 5 nitrogen and oxygen atoms in total. The maximum absolute atomic E-state index is 11.6. The first-order chi connectivity index (χ1) is 9.45. The standard InChI is InChI=1S/C14H22N2O3S/c1-3-8-15-12(17)6-7-13(18)16-10-14(2,19)11-5-4-9-20-11/h4-5,9,19H,3,6-8,10H2,1-2H3,(H,15,17)(H,16,18). The first-order valence-electron chi connectivity index (χ1n) is 6.75. The van der Waals surface area contributed by atoms with Crippen LogP contribution in [-0.4, -0.2) is 30.0 Å². The van der Waals surface area contributed by atoms with E-state index in [0.717, 1.165) is 11.3 Å². The van der Waals surface area contributed by atoms with E-state index in [9.17, 15) is 14.7 Å². The van der Waals surface area contributed by atoms with Crippen molar-refractivity contribution in [3.05, 3.63) is 22.4 Å². The monoisotopic (exact) mass is 298 g/mol. The van der Waals surface area contributed by atoms with E-state index in [1.807, 2.05) is 24.4 Å². The lowest BCUT2D eigenvalue weighted by Crippen LogP contribution is -2.38. The van der Waals surface area contributed by atoms with Crippen molar-refractivity contribution in [3.8, 4) is 0 Å². The molecule has 1 aromatic rings. The number of amides is 2. The van der Waals surface area contributed by atoms with Crippen molar-refractivity contribution in [3.63, 3.8) is 0 Å². The molecular weight excluding hydrogens is 276 g/mol. The molecule has 0 aliphatic heterocycles. The predicted molar refractivity (Wildman–Crippen MR) is 79.4 cm³/mol. The summed E-state index contributed by atoms with van der Waals surface area (Å²) in [5, 5.41) is 17.5. The Labute approximate surface area is 123 Å². The Hall–Kier alpha value is -1.40. The van der Waals surface area contributed by atoms with E-state index in [-0.39, 0.29) is 31.2 Å². The van der Waals surface area contributed by atoms with E-state index in [4.69, 9.17) is 0 Å². The van der Waals surface area contributed by atoms with E-state index >= 15 is 0 Å². The van der Waals surface area contributed by atoms with E-state index < -0.39 is 5.60 Å². The van der Waals surface area contributed by atoms with Gasteiger partial charge in [0.25, 0.3) is 0 Å². The molecule has 1 aromatic heterocycles. The number of carbonyl (C=O) groups is 2. The van der Waals surface area contributed by atoms with Crippen LogP contribution in [0.3, 0.4) is 0 Å². The van der Waals surface area contributed by atoms with Crippen LogP contribution in [-0.2, 0) is 15.2 Å². The number of thiophene rings is 1. The fourth-order valence-corrected chi connectivity index (χ4v) is 2.40. The number of hydrogen-bond donors (Lipinski definition) is 3. The molecule has 0 spiro atoms. The van der Waals surface area contributed by atoms with Crippen LogP contribution in [0.5, 0.6) is 0 Å². The van der Waals surface area contributed by atoms with Gasteiger partial charge in [-0.15, -0.1) is 11.3 Å². The minimum atomic E-state index is -1.08. The minimum Gasteiger partial charge on any atom is -0.383 e. The number of aliphatic hydroxyl groups is 1. The van der Waals surface area contributed by atoms with Crippen LogP contribution < -0.4 is 10.6 Å². The average molecular weight is 298 g/mol. The van der Waals surface area contributed by atoms with Crippen molar-refractivity contribution in [2.45, 2.75) is 38.7 Å². The molecule has 0 bridgehead atoms. The SMILES string of the molecule is CCCNC(=O)CCC(=O)NCC(C)(O)c1cccs1. The molecule has 1 rings (SSSR count). The maximum Gasteiger partial charge on any atom is 0.220 e. The first-order valence-corrected chi connectivity index (χ1v) is 7.63. The Kier molecular flexibility index (Phi) is 6.67. The fraction of sp³-hybridized carbons (Fsp3) is 0.571. The Morgan fingerprint density at radius 1 is 1.30 bits per heavy atom. The summed E-state index contributed by atoms with van der Waals surface area (Å²) < 4.78 is 0. The Morgan fingerprint density at radius 2 is 1.95 bits per heavy atom. The smallest absolute Gasteiger partial charge is 0.220 e. The quantitative estimate of drug-likeness (QED) is 0.678. The molecule has 0 aliphatic carbocycles. The van der Waals surface area contributed by atoms with Gasteiger partial charge in [-0.2, -0.15) is 0 Å². The average Bonchev–Trinajstić information content (AvgIpc) is 2.95. The normalized spacial score (nSPS) is 13.6. The largest absolute Gasteiger partial charge is 0.383 e. The molecule has 0 aromatic carbocycles. The van der Waals surface area contributed by atoms with E-state index in [0.29, 0.717) is 6.54 Å². The van der Waals surface area contributed by atoms with Gasteiger partial charge in [-0.3, -0.25) is 9.59 Å². The second kappa shape index (κ2) is 8.01. The van der Waals surface area contributed by atoms with Gasteiger partial charge < -0.3 is 15.7 Å². The van der Waals surface area contributed by atoms with Crippen LogP contribution in [0.15, 0.2) is 17.5 Å². The molecule has 0 aliphatic rings. The highest BCUT2D eigenvalue weighted by molar-refractivity contribution is 7.10. The lowest BCUT2D eigenvalue weighted by Gasteiger charge is -2.22. The summed E-state index contributed by atoms with van der Waals surface area (Å²) >= 11 is 1.44. The number of hydrogen-bond acceptors (Lipinski definition) is 4. The van der Waals surface area contributed by atoms with Crippen molar-refractivity contribution in [2.75, 3.05) is 13.1 Å². The van der Waals surface area contributed by atoms with Crippen LogP contribution in [0.2, 0.25) is 0 Å². The number of nitrogens with one attached hydrogen (secondary N) is 2. The van der Waals surface area contributed by atoms with Crippen molar-refractivity contribution in [1.29, 1.82) is 0 Å². The topological polar surface area (TPSA) is 78.4 Å². The second-order valence-electron chi connectivity index (χ2n) is 4.88. The Bertz CT molecular complexity index is 430. The van der Waals surface area contributed by atoms with E-state index in [1.54, 1.807) is 6.92 Å². The van der Waals surface area contributed by atoms with Crippen molar-refractivity contribution in [2.24, 2.45) is 0 Å². The van der Waals surface area contributed by atoms with Gasteiger partial charge in [0.05, 0.1) is 6.54 Å². The zero-order valence-electron chi connectivity index (χ0n) is 11.9. The van der Waals surface area contributed by atoms with Crippen molar-refractivity contribution in [1.82, 2.24) is 10.6 Å². The molecule has 0 saturated carbocycles. The number of rotatable bonds is 8. The van der Waals surface area contributed by atoms with Gasteiger partial charge in [-0.1, -0.05) is 13.0 Å². The molecule has 1 unspecified atom stereocenters. The van der Waals surface area contributed by atoms with Gasteiger partial charge in [-0.05, 0) is 24.8 Å². The van der Waals surface area contributed by atoms with Gasteiger partial charge in [0.15, 0.2) is 0 Å². The third-order valence-corrected chi connectivity index (χ3v) is 3.96. The first kappa shape index (κ1) is 16.7. The van der Waals surface area contributed by atoms with Crippen LogP contribution in [0, 0.1) is 0 Å². The van der Waals surface area contributed by atoms with Crippen molar-refractivity contribution < 1.29 is 14.7 Å². The summed E-state index contributed by atoms with van der Waals surface area (Å²) in [7, 11) is 0. The second-order valence-corrected chi connectivity index (χ2v) is 5.83. The lowest BCUT2D eigenvalue weighted by molar-refractivity contribution is -0.127. The Morgan fingerprint density at radius 3 is 2.50 bits per heavy atom. The highest BCUT2D eigenvalue weighted by Gasteiger charge is 2.24. The van der Waals surface area contributed by atoms with Crippen LogP contribution in [0.4, 0.5) is 0 Å². The molecule has 20 heavy (non-hydrogen) atoms. The predicted octanol–water partition coefficient (Wildman–Crippen LogP) is 1.38. The molecule has 2 amide bonds. The fourth-order valence-electron chi connectivity index (χ4n) is 1.61. The summed E-state index contributed by atoms with van der Waals surface area (Å²) in [6, 6.07) is 3.68. The molecule has 112 valence electrons.